The summed E-state index contributed by atoms with van der Waals surface area (Å²) in [5.41, 5.74) is 2.66. The highest BCUT2D eigenvalue weighted by molar-refractivity contribution is 7.08. The summed E-state index contributed by atoms with van der Waals surface area (Å²) in [7, 11) is 1.53. The predicted octanol–water partition coefficient (Wildman–Crippen LogP) is 3.74. The molecular weight excluding hydrogens is 386 g/mol. The Bertz CT molecular complexity index is 815. The summed E-state index contributed by atoms with van der Waals surface area (Å²) < 4.78 is 5.27. The number of ether oxygens (including phenoxy) is 1. The lowest BCUT2D eigenvalue weighted by atomic mass is 10.1. The molecule has 0 spiro atoms. The standard InChI is InChI=1S/C22H29N3O3S/c1-16-7-8-20(28-2)18(13-16)24-22(27)21(26)23-14-19(17-9-12-29-15-17)25-10-5-3-4-6-11-25/h7-9,12-13,15,19H,3-6,10-11,14H2,1-2H3,(H,23,26)(H,24,27). The van der Waals surface area contributed by atoms with E-state index < -0.39 is 11.8 Å². The third-order valence-electron chi connectivity index (χ3n) is 5.27. The molecule has 6 nitrogen and oxygen atoms in total. The van der Waals surface area contributed by atoms with Crippen LogP contribution in [-0.4, -0.2) is 43.5 Å². The van der Waals surface area contributed by atoms with E-state index in [9.17, 15) is 9.59 Å². The molecule has 1 aromatic carbocycles. The lowest BCUT2D eigenvalue weighted by Gasteiger charge is -2.30. The number of carbonyl (C=O) groups is 2. The highest BCUT2D eigenvalue weighted by Crippen LogP contribution is 2.26. The zero-order valence-electron chi connectivity index (χ0n) is 17.1. The van der Waals surface area contributed by atoms with Gasteiger partial charge in [-0.2, -0.15) is 11.3 Å². The maximum atomic E-state index is 12.5. The van der Waals surface area contributed by atoms with Gasteiger partial charge in [0.15, 0.2) is 0 Å². The maximum absolute atomic E-state index is 12.5. The summed E-state index contributed by atoms with van der Waals surface area (Å²) >= 11 is 1.65. The van der Waals surface area contributed by atoms with Gasteiger partial charge in [-0.05, 0) is 72.9 Å². The Labute approximate surface area is 176 Å². The Morgan fingerprint density at radius 3 is 2.55 bits per heavy atom. The lowest BCUT2D eigenvalue weighted by molar-refractivity contribution is -0.136. The van der Waals surface area contributed by atoms with E-state index in [4.69, 9.17) is 4.74 Å². The van der Waals surface area contributed by atoms with Gasteiger partial charge in [0, 0.05) is 6.54 Å². The third kappa shape index (κ3) is 5.81. The van der Waals surface area contributed by atoms with Crippen LogP contribution in [0.25, 0.3) is 0 Å². The molecule has 1 fully saturated rings. The van der Waals surface area contributed by atoms with Crippen molar-refractivity contribution in [1.82, 2.24) is 10.2 Å². The molecule has 0 saturated carbocycles. The fraction of sp³-hybridized carbons (Fsp3) is 0.455. The smallest absolute Gasteiger partial charge is 0.313 e. The number of amides is 2. The zero-order chi connectivity index (χ0) is 20.6. The molecule has 2 aromatic rings. The second-order valence-corrected chi connectivity index (χ2v) is 8.17. The molecule has 1 unspecified atom stereocenters. The van der Waals surface area contributed by atoms with Gasteiger partial charge >= 0.3 is 11.8 Å². The number of hydrogen-bond acceptors (Lipinski definition) is 5. The van der Waals surface area contributed by atoms with Gasteiger partial charge in [-0.15, -0.1) is 0 Å². The third-order valence-corrected chi connectivity index (χ3v) is 5.98. The van der Waals surface area contributed by atoms with Crippen molar-refractivity contribution in [2.75, 3.05) is 32.1 Å². The summed E-state index contributed by atoms with van der Waals surface area (Å²) in [6.45, 7) is 4.36. The number of anilines is 1. The minimum Gasteiger partial charge on any atom is -0.495 e. The van der Waals surface area contributed by atoms with E-state index in [-0.39, 0.29) is 6.04 Å². The summed E-state index contributed by atoms with van der Waals surface area (Å²) in [4.78, 5) is 27.3. The molecule has 7 heteroatoms. The Kier molecular flexibility index (Phi) is 7.66. The van der Waals surface area contributed by atoms with Crippen molar-refractivity contribution in [2.24, 2.45) is 0 Å². The molecular formula is C22H29N3O3S. The van der Waals surface area contributed by atoms with Gasteiger partial charge in [0.05, 0.1) is 18.8 Å². The molecule has 2 N–H and O–H groups in total. The van der Waals surface area contributed by atoms with E-state index in [0.717, 1.165) is 18.7 Å². The fourth-order valence-corrected chi connectivity index (χ4v) is 4.40. The van der Waals surface area contributed by atoms with E-state index in [1.165, 1.54) is 38.4 Å². The quantitative estimate of drug-likeness (QED) is 0.705. The normalized spacial score (nSPS) is 15.9. The molecule has 0 radical (unpaired) electrons. The van der Waals surface area contributed by atoms with Gasteiger partial charge in [-0.1, -0.05) is 18.9 Å². The van der Waals surface area contributed by atoms with E-state index in [0.29, 0.717) is 18.0 Å². The van der Waals surface area contributed by atoms with Crippen molar-refractivity contribution in [3.8, 4) is 5.75 Å². The summed E-state index contributed by atoms with van der Waals surface area (Å²) in [6.07, 6.45) is 4.84. The van der Waals surface area contributed by atoms with Gasteiger partial charge < -0.3 is 15.4 Å². The zero-order valence-corrected chi connectivity index (χ0v) is 17.9. The van der Waals surface area contributed by atoms with Crippen molar-refractivity contribution in [2.45, 2.75) is 38.6 Å². The van der Waals surface area contributed by atoms with E-state index in [1.807, 2.05) is 13.0 Å². The van der Waals surface area contributed by atoms with Crippen LogP contribution in [0.3, 0.4) is 0 Å². The number of rotatable bonds is 6. The molecule has 2 amide bonds. The Morgan fingerprint density at radius 1 is 1.14 bits per heavy atom. The topological polar surface area (TPSA) is 70.7 Å². The van der Waals surface area contributed by atoms with Crippen molar-refractivity contribution >= 4 is 28.8 Å². The Balaban J connectivity index is 1.63. The lowest BCUT2D eigenvalue weighted by Crippen LogP contribution is -2.42. The number of thiophene rings is 1. The van der Waals surface area contributed by atoms with Crippen LogP contribution in [0.15, 0.2) is 35.0 Å². The minimum absolute atomic E-state index is 0.0876. The minimum atomic E-state index is -0.686. The average molecular weight is 416 g/mol. The first-order valence-corrected chi connectivity index (χ1v) is 11.0. The average Bonchev–Trinajstić information content (AvgIpc) is 3.11. The number of carbonyl (C=O) groups excluding carboxylic acids is 2. The number of aryl methyl sites for hydroxylation is 1. The number of nitrogens with one attached hydrogen (secondary N) is 2. The maximum Gasteiger partial charge on any atom is 0.313 e. The molecule has 1 aliphatic rings. The molecule has 1 aromatic heterocycles. The molecule has 156 valence electrons. The molecule has 1 atom stereocenters. The van der Waals surface area contributed by atoms with Crippen LogP contribution in [0.2, 0.25) is 0 Å². The van der Waals surface area contributed by atoms with Gasteiger partial charge in [0.2, 0.25) is 0 Å². The molecule has 3 rings (SSSR count). The molecule has 0 bridgehead atoms. The monoisotopic (exact) mass is 415 g/mol. The molecule has 1 saturated heterocycles. The van der Waals surface area contributed by atoms with Gasteiger partial charge in [-0.3, -0.25) is 14.5 Å². The van der Waals surface area contributed by atoms with Crippen LogP contribution in [0, 0.1) is 6.92 Å². The fourth-order valence-electron chi connectivity index (χ4n) is 3.70. The summed E-state index contributed by atoms with van der Waals surface area (Å²) in [5, 5.41) is 9.67. The van der Waals surface area contributed by atoms with Gasteiger partial charge in [-0.25, -0.2) is 0 Å². The van der Waals surface area contributed by atoms with Crippen LogP contribution in [0.1, 0.15) is 42.9 Å². The molecule has 1 aliphatic heterocycles. The van der Waals surface area contributed by atoms with Crippen molar-refractivity contribution < 1.29 is 14.3 Å². The highest BCUT2D eigenvalue weighted by atomic mass is 32.1. The first-order chi connectivity index (χ1) is 14.1. The molecule has 0 aliphatic carbocycles. The number of likely N-dealkylation sites (tertiary alicyclic amines) is 1. The van der Waals surface area contributed by atoms with Crippen LogP contribution in [0.5, 0.6) is 5.75 Å². The molecule has 29 heavy (non-hydrogen) atoms. The van der Waals surface area contributed by atoms with Gasteiger partial charge in [0.25, 0.3) is 0 Å². The number of hydrogen-bond donors (Lipinski definition) is 2. The Morgan fingerprint density at radius 2 is 1.90 bits per heavy atom. The summed E-state index contributed by atoms with van der Waals surface area (Å²) in [6, 6.07) is 7.64. The van der Waals surface area contributed by atoms with E-state index in [1.54, 1.807) is 23.5 Å². The first kappa shape index (κ1) is 21.3. The van der Waals surface area contributed by atoms with E-state index >= 15 is 0 Å². The van der Waals surface area contributed by atoms with Gasteiger partial charge in [0.1, 0.15) is 5.75 Å². The van der Waals surface area contributed by atoms with Crippen LogP contribution >= 0.6 is 11.3 Å². The van der Waals surface area contributed by atoms with Crippen molar-refractivity contribution in [1.29, 1.82) is 0 Å². The van der Waals surface area contributed by atoms with Crippen molar-refractivity contribution in [3.05, 3.63) is 46.2 Å². The Hall–Kier alpha value is -2.38. The highest BCUT2D eigenvalue weighted by Gasteiger charge is 2.24. The van der Waals surface area contributed by atoms with Crippen LogP contribution in [0.4, 0.5) is 5.69 Å². The molecule has 2 heterocycles. The number of benzene rings is 1. The predicted molar refractivity (Wildman–Crippen MR) is 116 cm³/mol. The first-order valence-electron chi connectivity index (χ1n) is 10.1. The largest absolute Gasteiger partial charge is 0.495 e. The van der Waals surface area contributed by atoms with E-state index in [2.05, 4.69) is 32.4 Å². The van der Waals surface area contributed by atoms with Crippen LogP contribution < -0.4 is 15.4 Å². The number of methoxy groups -OCH3 is 1. The SMILES string of the molecule is COc1ccc(C)cc1NC(=O)C(=O)NCC(c1ccsc1)N1CCCCCC1. The van der Waals surface area contributed by atoms with Crippen molar-refractivity contribution in [3.63, 3.8) is 0 Å². The second-order valence-electron chi connectivity index (χ2n) is 7.39. The second kappa shape index (κ2) is 10.4. The van der Waals surface area contributed by atoms with Crippen LogP contribution in [-0.2, 0) is 9.59 Å². The summed E-state index contributed by atoms with van der Waals surface area (Å²) in [5.74, 6) is -0.796. The number of nitrogens with zero attached hydrogens (tertiary/aromatic N) is 1.